The van der Waals surface area contributed by atoms with Gasteiger partial charge in [0.25, 0.3) is 0 Å². The van der Waals surface area contributed by atoms with E-state index in [1.807, 2.05) is 11.8 Å². The van der Waals surface area contributed by atoms with E-state index in [9.17, 15) is 0 Å². The lowest BCUT2D eigenvalue weighted by molar-refractivity contribution is 0.725. The predicted octanol–water partition coefficient (Wildman–Crippen LogP) is 4.17. The highest BCUT2D eigenvalue weighted by Crippen LogP contribution is 2.25. The minimum atomic E-state index is 0.264. The first-order valence-corrected chi connectivity index (χ1v) is 8.02. The molecule has 0 radical (unpaired) electrons. The molecule has 0 fully saturated rings. The van der Waals surface area contributed by atoms with Gasteiger partial charge in [-0.15, -0.1) is 0 Å². The van der Waals surface area contributed by atoms with Crippen molar-refractivity contribution in [3.05, 3.63) is 40.5 Å². The molecule has 102 valence electrons. The van der Waals surface area contributed by atoms with Gasteiger partial charge in [-0.2, -0.15) is 11.8 Å². The number of thioether (sulfide) groups is 1. The van der Waals surface area contributed by atoms with Gasteiger partial charge in [-0.1, -0.05) is 30.7 Å². The Bertz CT molecular complexity index is 571. The van der Waals surface area contributed by atoms with Crippen molar-refractivity contribution < 1.29 is 0 Å². The average Bonchev–Trinajstić information content (AvgIpc) is 2.39. The van der Waals surface area contributed by atoms with Crippen LogP contribution in [0.3, 0.4) is 0 Å². The number of aromatic nitrogens is 1. The van der Waals surface area contributed by atoms with E-state index in [1.54, 1.807) is 0 Å². The number of benzene rings is 1. The second-order valence-electron chi connectivity index (χ2n) is 4.82. The number of nitrogens with zero attached hydrogens (tertiary/aromatic N) is 1. The van der Waals surface area contributed by atoms with Crippen LogP contribution in [0.5, 0.6) is 0 Å². The monoisotopic (exact) mass is 294 g/mol. The second kappa shape index (κ2) is 6.60. The smallest absolute Gasteiger partial charge is 0.133 e. The molecule has 0 aliphatic rings. The Morgan fingerprint density at radius 3 is 2.89 bits per heavy atom. The Labute approximate surface area is 123 Å². The number of nitrogens with two attached hydrogens (primary N) is 1. The maximum Gasteiger partial charge on any atom is 0.133 e. The van der Waals surface area contributed by atoms with Crippen LogP contribution in [0.25, 0.3) is 10.9 Å². The van der Waals surface area contributed by atoms with Crippen LogP contribution < -0.4 is 5.73 Å². The first-order valence-electron chi connectivity index (χ1n) is 6.49. The Morgan fingerprint density at radius 2 is 2.16 bits per heavy atom. The Balaban J connectivity index is 2.15. The first kappa shape index (κ1) is 14.6. The van der Waals surface area contributed by atoms with Crippen molar-refractivity contribution >= 4 is 34.3 Å². The molecule has 0 spiro atoms. The topological polar surface area (TPSA) is 38.9 Å². The van der Waals surface area contributed by atoms with Crippen LogP contribution in [0.2, 0.25) is 5.15 Å². The number of halogens is 1. The molecule has 0 aliphatic carbocycles. The molecule has 1 atom stereocenters. The van der Waals surface area contributed by atoms with Gasteiger partial charge >= 0.3 is 0 Å². The molecule has 2 nitrogen and oxygen atoms in total. The molecule has 19 heavy (non-hydrogen) atoms. The van der Waals surface area contributed by atoms with Gasteiger partial charge in [-0.3, -0.25) is 0 Å². The largest absolute Gasteiger partial charge is 0.327 e. The Morgan fingerprint density at radius 1 is 1.37 bits per heavy atom. The highest BCUT2D eigenvalue weighted by atomic mass is 35.5. The molecule has 1 aromatic heterocycles. The van der Waals surface area contributed by atoms with Gasteiger partial charge in [0.2, 0.25) is 0 Å². The van der Waals surface area contributed by atoms with Crippen molar-refractivity contribution in [1.82, 2.24) is 4.98 Å². The second-order valence-corrected chi connectivity index (χ2v) is 6.21. The van der Waals surface area contributed by atoms with E-state index >= 15 is 0 Å². The third-order valence-electron chi connectivity index (χ3n) is 3.11. The normalized spacial score (nSPS) is 12.8. The molecular weight excluding hydrogens is 276 g/mol. The zero-order chi connectivity index (χ0) is 13.8. The summed E-state index contributed by atoms with van der Waals surface area (Å²) in [6.07, 6.45) is 1.01. The number of hydrogen-bond donors (Lipinski definition) is 1. The van der Waals surface area contributed by atoms with Gasteiger partial charge in [0.05, 0.1) is 5.52 Å². The Kier molecular flexibility index (Phi) is 5.08. The van der Waals surface area contributed by atoms with Crippen molar-refractivity contribution in [1.29, 1.82) is 0 Å². The van der Waals surface area contributed by atoms with Crippen molar-refractivity contribution in [2.24, 2.45) is 5.73 Å². The summed E-state index contributed by atoms with van der Waals surface area (Å²) >= 11 is 8.06. The van der Waals surface area contributed by atoms with Crippen LogP contribution in [-0.2, 0) is 5.75 Å². The molecule has 0 amide bonds. The molecule has 0 bridgehead atoms. The molecule has 2 aromatic rings. The van der Waals surface area contributed by atoms with Crippen molar-refractivity contribution in [3.63, 3.8) is 0 Å². The lowest BCUT2D eigenvalue weighted by Gasteiger charge is -2.09. The summed E-state index contributed by atoms with van der Waals surface area (Å²) < 4.78 is 0. The number of aryl methyl sites for hydroxylation is 1. The van der Waals surface area contributed by atoms with Crippen LogP contribution in [0.1, 0.15) is 24.5 Å². The summed E-state index contributed by atoms with van der Waals surface area (Å²) in [4.78, 5) is 4.48. The van der Waals surface area contributed by atoms with Crippen LogP contribution in [0.4, 0.5) is 0 Å². The number of rotatable bonds is 5. The molecule has 1 aromatic carbocycles. The molecule has 0 saturated carbocycles. The molecule has 2 N–H and O–H groups in total. The molecular formula is C15H19ClN2S. The molecule has 2 rings (SSSR count). The molecule has 0 aliphatic heterocycles. The lowest BCUT2D eigenvalue weighted by Crippen LogP contribution is -2.21. The average molecular weight is 295 g/mol. The summed E-state index contributed by atoms with van der Waals surface area (Å²) in [7, 11) is 0. The molecule has 4 heteroatoms. The van der Waals surface area contributed by atoms with Crippen molar-refractivity contribution in [2.75, 3.05) is 5.75 Å². The summed E-state index contributed by atoms with van der Waals surface area (Å²) in [5, 5.41) is 1.75. The number of fused-ring (bicyclic) bond motifs is 1. The van der Waals surface area contributed by atoms with Gasteiger partial charge in [-0.25, -0.2) is 4.98 Å². The van der Waals surface area contributed by atoms with Crippen molar-refractivity contribution in [2.45, 2.75) is 32.1 Å². The predicted molar refractivity (Wildman–Crippen MR) is 85.9 cm³/mol. The maximum absolute atomic E-state index is 6.25. The van der Waals surface area contributed by atoms with Gasteiger partial charge in [0.1, 0.15) is 5.15 Å². The first-order chi connectivity index (χ1) is 9.10. The highest BCUT2D eigenvalue weighted by Gasteiger charge is 2.07. The summed E-state index contributed by atoms with van der Waals surface area (Å²) in [6, 6.07) is 8.65. The van der Waals surface area contributed by atoms with E-state index in [0.717, 1.165) is 34.4 Å². The number of hydrogen-bond acceptors (Lipinski definition) is 3. The van der Waals surface area contributed by atoms with E-state index < -0.39 is 0 Å². The van der Waals surface area contributed by atoms with E-state index in [-0.39, 0.29) is 6.04 Å². The molecule has 1 heterocycles. The summed E-state index contributed by atoms with van der Waals surface area (Å²) in [6.45, 7) is 4.17. The van der Waals surface area contributed by atoms with Crippen LogP contribution in [-0.4, -0.2) is 16.8 Å². The Hall–Kier alpha value is -0.770. The van der Waals surface area contributed by atoms with Crippen LogP contribution in [0.15, 0.2) is 24.3 Å². The quantitative estimate of drug-likeness (QED) is 0.841. The number of pyridine rings is 1. The maximum atomic E-state index is 6.25. The zero-order valence-corrected chi connectivity index (χ0v) is 12.9. The van der Waals surface area contributed by atoms with Gasteiger partial charge in [0.15, 0.2) is 0 Å². The third kappa shape index (κ3) is 3.85. The SMILES string of the molecule is CCC(N)CSCc1cc2ccc(C)cc2nc1Cl. The van der Waals surface area contributed by atoms with Gasteiger partial charge in [0, 0.05) is 28.5 Å². The van der Waals surface area contributed by atoms with E-state index in [2.05, 4.69) is 43.1 Å². The minimum Gasteiger partial charge on any atom is -0.327 e. The fourth-order valence-electron chi connectivity index (χ4n) is 1.84. The third-order valence-corrected chi connectivity index (χ3v) is 4.62. The van der Waals surface area contributed by atoms with E-state index in [4.69, 9.17) is 17.3 Å². The lowest BCUT2D eigenvalue weighted by atomic mass is 10.1. The summed E-state index contributed by atoms with van der Waals surface area (Å²) in [5.41, 5.74) is 9.17. The van der Waals surface area contributed by atoms with E-state index in [0.29, 0.717) is 5.15 Å². The van der Waals surface area contributed by atoms with Crippen LogP contribution in [0, 0.1) is 6.92 Å². The molecule has 1 unspecified atom stereocenters. The molecule has 0 saturated heterocycles. The van der Waals surface area contributed by atoms with Gasteiger partial charge < -0.3 is 5.73 Å². The fourth-order valence-corrected chi connectivity index (χ4v) is 3.22. The fraction of sp³-hybridized carbons (Fsp3) is 0.400. The highest BCUT2D eigenvalue weighted by molar-refractivity contribution is 7.98. The van der Waals surface area contributed by atoms with Gasteiger partial charge in [-0.05, 0) is 31.0 Å². The van der Waals surface area contributed by atoms with Crippen molar-refractivity contribution in [3.8, 4) is 0 Å². The standard InChI is InChI=1S/C15H19ClN2S/c1-3-13(17)9-19-8-12-7-11-5-4-10(2)6-14(11)18-15(12)16/h4-7,13H,3,8-9,17H2,1-2H3. The van der Waals surface area contributed by atoms with Crippen LogP contribution >= 0.6 is 23.4 Å². The van der Waals surface area contributed by atoms with E-state index in [1.165, 1.54) is 5.56 Å². The zero-order valence-electron chi connectivity index (χ0n) is 11.3. The summed E-state index contributed by atoms with van der Waals surface area (Å²) in [5.74, 6) is 1.82. The minimum absolute atomic E-state index is 0.264.